The third-order valence-electron chi connectivity index (χ3n) is 3.18. The zero-order valence-electron chi connectivity index (χ0n) is 10.9. The summed E-state index contributed by atoms with van der Waals surface area (Å²) in [5, 5.41) is 4.54. The van der Waals surface area contributed by atoms with Crippen molar-refractivity contribution in [3.05, 3.63) is 53.3 Å². The largest absolute Gasteiger partial charge is 0.383 e. The summed E-state index contributed by atoms with van der Waals surface area (Å²) in [7, 11) is 1.85. The molecular weight excluding hydrogens is 316 g/mol. The molecule has 0 radical (unpaired) electrons. The summed E-state index contributed by atoms with van der Waals surface area (Å²) in [6.07, 6.45) is 3.51. The van der Waals surface area contributed by atoms with Gasteiger partial charge in [0.05, 0.1) is 5.56 Å². The smallest absolute Gasteiger partial charge is 0.129 e. The van der Waals surface area contributed by atoms with Crippen LogP contribution in [0.5, 0.6) is 0 Å². The van der Waals surface area contributed by atoms with Gasteiger partial charge >= 0.3 is 0 Å². The maximum absolute atomic E-state index is 6.17. The number of anilines is 1. The lowest BCUT2D eigenvalue weighted by Gasteiger charge is -2.04. The van der Waals surface area contributed by atoms with Gasteiger partial charge in [-0.3, -0.25) is 9.67 Å². The molecule has 0 spiro atoms. The van der Waals surface area contributed by atoms with Crippen LogP contribution in [0.4, 0.5) is 5.82 Å². The van der Waals surface area contributed by atoms with Gasteiger partial charge in [0.1, 0.15) is 11.5 Å². The van der Waals surface area contributed by atoms with Gasteiger partial charge in [0.15, 0.2) is 0 Å². The normalized spacial score (nSPS) is 10.7. The van der Waals surface area contributed by atoms with Gasteiger partial charge in [0.25, 0.3) is 0 Å². The molecule has 1 aromatic carbocycles. The molecule has 3 aromatic rings. The molecule has 2 aromatic heterocycles. The van der Waals surface area contributed by atoms with Crippen molar-refractivity contribution in [1.82, 2.24) is 14.8 Å². The molecule has 0 saturated carbocycles. The number of pyridine rings is 1. The molecule has 0 fully saturated rings. The van der Waals surface area contributed by atoms with Gasteiger partial charge in [-0.05, 0) is 29.8 Å². The highest BCUT2D eigenvalue weighted by Crippen LogP contribution is 2.35. The molecule has 0 aliphatic heterocycles. The average molecular weight is 329 g/mol. The minimum atomic E-state index is 0.647. The Labute approximate surface area is 125 Å². The second kappa shape index (κ2) is 5.09. The van der Waals surface area contributed by atoms with Gasteiger partial charge in [-0.1, -0.05) is 28.1 Å². The van der Waals surface area contributed by atoms with Gasteiger partial charge in [-0.2, -0.15) is 5.10 Å². The van der Waals surface area contributed by atoms with Crippen LogP contribution in [-0.4, -0.2) is 14.8 Å². The Morgan fingerprint density at radius 1 is 1.00 bits per heavy atom. The summed E-state index contributed by atoms with van der Waals surface area (Å²) < 4.78 is 2.74. The first-order valence-electron chi connectivity index (χ1n) is 6.15. The Hall–Kier alpha value is -2.14. The number of nitrogens with zero attached hydrogens (tertiary/aromatic N) is 3. The first kappa shape index (κ1) is 12.9. The van der Waals surface area contributed by atoms with E-state index in [1.807, 2.05) is 43.4 Å². The Kier molecular flexibility index (Phi) is 3.28. The molecule has 0 saturated heterocycles. The number of benzene rings is 1. The highest BCUT2D eigenvalue weighted by Gasteiger charge is 2.17. The SMILES string of the molecule is Cn1nc(-c2ccc(Br)cc2)c(-c2ccncc2)c1N. The predicted molar refractivity (Wildman–Crippen MR) is 84.0 cm³/mol. The minimum absolute atomic E-state index is 0.647. The maximum atomic E-state index is 6.17. The molecule has 2 N–H and O–H groups in total. The Morgan fingerprint density at radius 2 is 1.65 bits per heavy atom. The summed E-state index contributed by atoms with van der Waals surface area (Å²) in [6, 6.07) is 11.9. The van der Waals surface area contributed by atoms with E-state index in [9.17, 15) is 0 Å². The number of hydrogen-bond donors (Lipinski definition) is 1. The fourth-order valence-electron chi connectivity index (χ4n) is 2.15. The van der Waals surface area contributed by atoms with E-state index >= 15 is 0 Å². The van der Waals surface area contributed by atoms with Crippen molar-refractivity contribution in [1.29, 1.82) is 0 Å². The molecule has 0 bridgehead atoms. The van der Waals surface area contributed by atoms with Crippen LogP contribution < -0.4 is 5.73 Å². The second-order valence-electron chi connectivity index (χ2n) is 4.48. The Bertz CT molecular complexity index is 733. The monoisotopic (exact) mass is 328 g/mol. The van der Waals surface area contributed by atoms with E-state index in [1.54, 1.807) is 17.1 Å². The van der Waals surface area contributed by atoms with Crippen LogP contribution in [0.15, 0.2) is 53.3 Å². The lowest BCUT2D eigenvalue weighted by molar-refractivity contribution is 0.782. The van der Waals surface area contributed by atoms with E-state index < -0.39 is 0 Å². The molecular formula is C15H13BrN4. The highest BCUT2D eigenvalue weighted by molar-refractivity contribution is 9.10. The average Bonchev–Trinajstić information content (AvgIpc) is 2.77. The van der Waals surface area contributed by atoms with Crippen LogP contribution in [0.2, 0.25) is 0 Å². The molecule has 0 unspecified atom stereocenters. The number of nitrogens with two attached hydrogens (primary N) is 1. The first-order chi connectivity index (χ1) is 9.66. The van der Waals surface area contributed by atoms with Gasteiger partial charge in [-0.25, -0.2) is 0 Å². The van der Waals surface area contributed by atoms with E-state index in [2.05, 4.69) is 26.0 Å². The molecule has 4 nitrogen and oxygen atoms in total. The van der Waals surface area contributed by atoms with Gasteiger partial charge in [0.2, 0.25) is 0 Å². The topological polar surface area (TPSA) is 56.7 Å². The standard InChI is InChI=1S/C15H13BrN4/c1-20-15(17)13(10-6-8-18-9-7-10)14(19-20)11-2-4-12(16)5-3-11/h2-9H,17H2,1H3. The maximum Gasteiger partial charge on any atom is 0.129 e. The van der Waals surface area contributed by atoms with E-state index in [1.165, 1.54) is 0 Å². The Morgan fingerprint density at radius 3 is 2.30 bits per heavy atom. The Balaban J connectivity index is 2.22. The number of aryl methyl sites for hydroxylation is 1. The molecule has 0 atom stereocenters. The molecule has 0 aliphatic rings. The van der Waals surface area contributed by atoms with E-state index in [4.69, 9.17) is 5.73 Å². The second-order valence-corrected chi connectivity index (χ2v) is 5.39. The summed E-state index contributed by atoms with van der Waals surface area (Å²) in [4.78, 5) is 4.05. The van der Waals surface area contributed by atoms with Gasteiger partial charge < -0.3 is 5.73 Å². The zero-order chi connectivity index (χ0) is 14.1. The van der Waals surface area contributed by atoms with Crippen LogP contribution in [-0.2, 0) is 7.05 Å². The summed E-state index contributed by atoms with van der Waals surface area (Å²) >= 11 is 3.44. The van der Waals surface area contributed by atoms with Crippen molar-refractivity contribution in [3.63, 3.8) is 0 Å². The van der Waals surface area contributed by atoms with Crippen molar-refractivity contribution in [2.75, 3.05) is 5.73 Å². The number of nitrogen functional groups attached to an aromatic ring is 1. The molecule has 100 valence electrons. The third kappa shape index (κ3) is 2.20. The summed E-state index contributed by atoms with van der Waals surface area (Å²) in [5.74, 6) is 0.647. The lowest BCUT2D eigenvalue weighted by Crippen LogP contribution is -1.97. The summed E-state index contributed by atoms with van der Waals surface area (Å²) in [6.45, 7) is 0. The third-order valence-corrected chi connectivity index (χ3v) is 3.71. The molecule has 0 aliphatic carbocycles. The van der Waals surface area contributed by atoms with E-state index in [0.717, 1.165) is 26.9 Å². The van der Waals surface area contributed by atoms with Crippen molar-refractivity contribution in [2.45, 2.75) is 0 Å². The fourth-order valence-corrected chi connectivity index (χ4v) is 2.41. The molecule has 3 rings (SSSR count). The number of halogens is 1. The zero-order valence-corrected chi connectivity index (χ0v) is 12.5. The fraction of sp³-hybridized carbons (Fsp3) is 0.0667. The van der Waals surface area contributed by atoms with E-state index in [0.29, 0.717) is 5.82 Å². The minimum Gasteiger partial charge on any atom is -0.383 e. The lowest BCUT2D eigenvalue weighted by atomic mass is 10.0. The number of hydrogen-bond acceptors (Lipinski definition) is 3. The molecule has 0 amide bonds. The van der Waals surface area contributed by atoms with Gasteiger partial charge in [-0.15, -0.1) is 0 Å². The first-order valence-corrected chi connectivity index (χ1v) is 6.95. The summed E-state index contributed by atoms with van der Waals surface area (Å²) in [5.41, 5.74) is 10.0. The van der Waals surface area contributed by atoms with Crippen molar-refractivity contribution < 1.29 is 0 Å². The van der Waals surface area contributed by atoms with Crippen LogP contribution >= 0.6 is 15.9 Å². The van der Waals surface area contributed by atoms with Gasteiger partial charge in [0, 0.05) is 29.5 Å². The van der Waals surface area contributed by atoms with Crippen molar-refractivity contribution in [2.24, 2.45) is 7.05 Å². The van der Waals surface area contributed by atoms with E-state index in [-0.39, 0.29) is 0 Å². The van der Waals surface area contributed by atoms with Crippen molar-refractivity contribution >= 4 is 21.7 Å². The number of rotatable bonds is 2. The quantitative estimate of drug-likeness (QED) is 0.783. The van der Waals surface area contributed by atoms with Crippen LogP contribution in [0.1, 0.15) is 0 Å². The highest BCUT2D eigenvalue weighted by atomic mass is 79.9. The van der Waals surface area contributed by atoms with Crippen LogP contribution in [0.3, 0.4) is 0 Å². The predicted octanol–water partition coefficient (Wildman–Crippen LogP) is 3.49. The van der Waals surface area contributed by atoms with Crippen LogP contribution in [0.25, 0.3) is 22.4 Å². The molecule has 20 heavy (non-hydrogen) atoms. The number of aromatic nitrogens is 3. The molecule has 2 heterocycles. The van der Waals surface area contributed by atoms with Crippen LogP contribution in [0, 0.1) is 0 Å². The van der Waals surface area contributed by atoms with Crippen molar-refractivity contribution in [3.8, 4) is 22.4 Å². The molecule has 5 heteroatoms.